The van der Waals surface area contributed by atoms with Crippen LogP contribution in [0.15, 0.2) is 36.9 Å². The van der Waals surface area contributed by atoms with Gasteiger partial charge in [0.2, 0.25) is 12.6 Å². The summed E-state index contributed by atoms with van der Waals surface area (Å²) >= 11 is 0. The minimum atomic E-state index is -0.951. The molecule has 0 aliphatic rings. The van der Waals surface area contributed by atoms with Crippen LogP contribution in [-0.4, -0.2) is 38.1 Å². The van der Waals surface area contributed by atoms with Gasteiger partial charge < -0.3 is 28.4 Å². The van der Waals surface area contributed by atoms with E-state index in [1.54, 1.807) is 27.7 Å². The Kier molecular flexibility index (Phi) is 12.7. The smallest absolute Gasteiger partial charge is 0.454 e. The highest BCUT2D eigenvalue weighted by molar-refractivity contribution is 5.87. The molecule has 2 unspecified atom stereocenters. The van der Waals surface area contributed by atoms with Crippen molar-refractivity contribution in [3.63, 3.8) is 0 Å². The summed E-state index contributed by atoms with van der Waals surface area (Å²) in [6, 6.07) is 9.89. The van der Waals surface area contributed by atoms with E-state index in [0.717, 1.165) is 53.5 Å². The van der Waals surface area contributed by atoms with Gasteiger partial charge in [0.05, 0.1) is 18.8 Å². The SMILES string of the molecule is C=C(C)c1ccc(C)cc1-c1c(OC(C)OC(=O)OCC)cc(CCCCC)cc1OC(C)OC(=O)OCC. The van der Waals surface area contributed by atoms with E-state index in [1.165, 1.54) is 0 Å². The Bertz CT molecular complexity index is 1070. The van der Waals surface area contributed by atoms with Crippen molar-refractivity contribution in [3.8, 4) is 22.6 Å². The summed E-state index contributed by atoms with van der Waals surface area (Å²) in [6.45, 7) is 17.2. The Balaban J connectivity index is 2.69. The number of ether oxygens (including phenoxy) is 6. The van der Waals surface area contributed by atoms with Crippen molar-refractivity contribution in [2.75, 3.05) is 13.2 Å². The quantitative estimate of drug-likeness (QED) is 0.134. The number of unbranched alkanes of at least 4 members (excludes halogenated alkanes) is 2. The first kappa shape index (κ1) is 31.5. The van der Waals surface area contributed by atoms with E-state index in [9.17, 15) is 9.59 Å². The highest BCUT2D eigenvalue weighted by Gasteiger charge is 2.24. The Morgan fingerprint density at radius 2 is 1.38 bits per heavy atom. The van der Waals surface area contributed by atoms with Gasteiger partial charge in [-0.15, -0.1) is 0 Å². The van der Waals surface area contributed by atoms with E-state index in [-0.39, 0.29) is 13.2 Å². The second-order valence-corrected chi connectivity index (χ2v) is 9.23. The van der Waals surface area contributed by atoms with E-state index in [2.05, 4.69) is 13.5 Å². The fourth-order valence-electron chi connectivity index (χ4n) is 4.04. The monoisotopic (exact) mass is 542 g/mol. The van der Waals surface area contributed by atoms with Crippen molar-refractivity contribution < 1.29 is 38.0 Å². The number of hydrogen-bond donors (Lipinski definition) is 0. The molecular formula is C31H42O8. The lowest BCUT2D eigenvalue weighted by atomic mass is 9.91. The molecule has 2 rings (SSSR count). The minimum Gasteiger partial charge on any atom is -0.454 e. The molecule has 0 aliphatic carbocycles. The molecule has 2 atom stereocenters. The van der Waals surface area contributed by atoms with E-state index in [0.29, 0.717) is 17.1 Å². The predicted molar refractivity (Wildman–Crippen MR) is 151 cm³/mol. The van der Waals surface area contributed by atoms with Gasteiger partial charge in [-0.05, 0) is 69.4 Å². The lowest BCUT2D eigenvalue weighted by molar-refractivity contribution is -0.0536. The highest BCUT2D eigenvalue weighted by Crippen LogP contribution is 2.44. The first-order chi connectivity index (χ1) is 18.6. The Morgan fingerprint density at radius 1 is 0.846 bits per heavy atom. The lowest BCUT2D eigenvalue weighted by Crippen LogP contribution is -2.23. The third-order valence-electron chi connectivity index (χ3n) is 5.73. The first-order valence-corrected chi connectivity index (χ1v) is 13.5. The Morgan fingerprint density at radius 3 is 1.85 bits per heavy atom. The summed E-state index contributed by atoms with van der Waals surface area (Å²) in [6.07, 6.45) is 0.345. The van der Waals surface area contributed by atoms with E-state index < -0.39 is 24.9 Å². The molecular weight excluding hydrogens is 500 g/mol. The summed E-state index contributed by atoms with van der Waals surface area (Å²) in [5.41, 5.74) is 5.17. The van der Waals surface area contributed by atoms with Crippen LogP contribution < -0.4 is 9.47 Å². The van der Waals surface area contributed by atoms with Crippen LogP contribution in [-0.2, 0) is 25.4 Å². The zero-order valence-electron chi connectivity index (χ0n) is 24.3. The maximum Gasteiger partial charge on any atom is 0.511 e. The van der Waals surface area contributed by atoms with Crippen LogP contribution >= 0.6 is 0 Å². The summed E-state index contributed by atoms with van der Waals surface area (Å²) in [7, 11) is 0. The molecule has 0 N–H and O–H groups in total. The van der Waals surface area contributed by atoms with Gasteiger partial charge >= 0.3 is 12.3 Å². The van der Waals surface area contributed by atoms with Crippen LogP contribution in [0, 0.1) is 6.92 Å². The molecule has 0 heterocycles. The molecule has 2 aromatic carbocycles. The number of allylic oxidation sites excluding steroid dienone is 1. The number of carbonyl (C=O) groups is 2. The third kappa shape index (κ3) is 9.85. The van der Waals surface area contributed by atoms with Gasteiger partial charge in [-0.3, -0.25) is 0 Å². The Hall–Kier alpha value is -3.68. The van der Waals surface area contributed by atoms with Crippen molar-refractivity contribution in [2.24, 2.45) is 0 Å². The molecule has 0 fully saturated rings. The molecule has 0 amide bonds. The van der Waals surface area contributed by atoms with Crippen molar-refractivity contribution in [1.29, 1.82) is 0 Å². The molecule has 0 spiro atoms. The highest BCUT2D eigenvalue weighted by atomic mass is 16.8. The van der Waals surface area contributed by atoms with Gasteiger partial charge in [-0.25, -0.2) is 9.59 Å². The molecule has 0 bridgehead atoms. The van der Waals surface area contributed by atoms with Gasteiger partial charge in [-0.1, -0.05) is 55.7 Å². The van der Waals surface area contributed by atoms with Crippen LogP contribution in [0.5, 0.6) is 11.5 Å². The van der Waals surface area contributed by atoms with Crippen molar-refractivity contribution in [3.05, 3.63) is 53.6 Å². The lowest BCUT2D eigenvalue weighted by Gasteiger charge is -2.24. The minimum absolute atomic E-state index is 0.186. The maximum atomic E-state index is 12.0. The van der Waals surface area contributed by atoms with Gasteiger partial charge in [0.25, 0.3) is 0 Å². The van der Waals surface area contributed by atoms with E-state index in [4.69, 9.17) is 28.4 Å². The maximum absolute atomic E-state index is 12.0. The van der Waals surface area contributed by atoms with Gasteiger partial charge in [0, 0.05) is 13.8 Å². The molecule has 2 aromatic rings. The number of rotatable bonds is 14. The van der Waals surface area contributed by atoms with Crippen LogP contribution in [0.3, 0.4) is 0 Å². The molecule has 0 saturated heterocycles. The fourth-order valence-corrected chi connectivity index (χ4v) is 4.04. The van der Waals surface area contributed by atoms with Crippen LogP contribution in [0.1, 0.15) is 77.5 Å². The van der Waals surface area contributed by atoms with Crippen molar-refractivity contribution >= 4 is 17.9 Å². The van der Waals surface area contributed by atoms with Gasteiger partial charge in [-0.2, -0.15) is 0 Å². The largest absolute Gasteiger partial charge is 0.511 e. The van der Waals surface area contributed by atoms with E-state index in [1.807, 2.05) is 44.2 Å². The number of hydrogen-bond acceptors (Lipinski definition) is 8. The van der Waals surface area contributed by atoms with Gasteiger partial charge in [0.1, 0.15) is 11.5 Å². The van der Waals surface area contributed by atoms with Crippen LogP contribution in [0.25, 0.3) is 16.7 Å². The molecule has 0 radical (unpaired) electrons. The topological polar surface area (TPSA) is 89.5 Å². The number of benzene rings is 2. The zero-order valence-corrected chi connectivity index (χ0v) is 24.3. The third-order valence-corrected chi connectivity index (χ3v) is 5.73. The summed E-state index contributed by atoms with van der Waals surface area (Å²) < 4.78 is 32.9. The van der Waals surface area contributed by atoms with Crippen LogP contribution in [0.2, 0.25) is 0 Å². The molecule has 8 nitrogen and oxygen atoms in total. The molecule has 0 aliphatic heterocycles. The summed E-state index contributed by atoms with van der Waals surface area (Å²) in [5, 5.41) is 0. The normalized spacial score (nSPS) is 12.2. The van der Waals surface area contributed by atoms with Crippen molar-refractivity contribution in [1.82, 2.24) is 0 Å². The fraction of sp³-hybridized carbons (Fsp3) is 0.484. The second kappa shape index (κ2) is 15.7. The second-order valence-electron chi connectivity index (χ2n) is 9.23. The van der Waals surface area contributed by atoms with Crippen LogP contribution in [0.4, 0.5) is 9.59 Å². The summed E-state index contributed by atoms with van der Waals surface area (Å²) in [5.74, 6) is 0.902. The molecule has 0 saturated carbocycles. The predicted octanol–water partition coefficient (Wildman–Crippen LogP) is 8.22. The standard InChI is InChI=1S/C31H42O8/c1-9-12-13-14-24-18-27(36-22(7)38-30(32)34-10-2)29(26-17-21(6)15-16-25(26)20(4)5)28(19-24)37-23(8)39-31(33)35-11-3/h15-19,22-23H,4,9-14H2,1-3,5-8H3. The van der Waals surface area contributed by atoms with E-state index >= 15 is 0 Å². The molecule has 39 heavy (non-hydrogen) atoms. The van der Waals surface area contributed by atoms with Crippen molar-refractivity contribution in [2.45, 2.75) is 86.7 Å². The average molecular weight is 543 g/mol. The molecule has 8 heteroatoms. The Labute approximate surface area is 232 Å². The average Bonchev–Trinajstić information content (AvgIpc) is 2.84. The first-order valence-electron chi connectivity index (χ1n) is 13.5. The summed E-state index contributed by atoms with van der Waals surface area (Å²) in [4.78, 5) is 24.0. The molecule has 214 valence electrons. The number of aryl methyl sites for hydroxylation is 2. The number of carbonyl (C=O) groups excluding carboxylic acids is 2. The molecule has 0 aromatic heterocycles. The zero-order chi connectivity index (χ0) is 28.9. The van der Waals surface area contributed by atoms with Gasteiger partial charge in [0.15, 0.2) is 0 Å².